The Hall–Kier alpha value is -1.76. The van der Waals surface area contributed by atoms with Crippen molar-refractivity contribution in [2.75, 3.05) is 32.2 Å². The number of ether oxygens (including phenoxy) is 1. The van der Waals surface area contributed by atoms with Crippen molar-refractivity contribution in [1.29, 1.82) is 0 Å². The highest BCUT2D eigenvalue weighted by molar-refractivity contribution is 7.90. The minimum Gasteiger partial charge on any atom is -0.493 e. The normalized spacial score (nSPS) is 18.9. The monoisotopic (exact) mass is 393 g/mol. The molecule has 6 nitrogen and oxygen atoms in total. The maximum absolute atomic E-state index is 11.6. The summed E-state index contributed by atoms with van der Waals surface area (Å²) in [6.07, 6.45) is 5.74. The SMILES string of the molecule is CN=C(NCc1ccc(C)cc1OCC1CC1)NCC1(CS(C)(=O)=O)CC1. The van der Waals surface area contributed by atoms with Crippen molar-refractivity contribution in [3.05, 3.63) is 29.3 Å². The molecule has 0 radical (unpaired) electrons. The first-order chi connectivity index (χ1) is 12.8. The number of hydrogen-bond donors (Lipinski definition) is 2. The maximum atomic E-state index is 11.6. The van der Waals surface area contributed by atoms with E-state index < -0.39 is 9.84 Å². The van der Waals surface area contributed by atoms with Crippen molar-refractivity contribution in [1.82, 2.24) is 10.6 Å². The zero-order valence-electron chi connectivity index (χ0n) is 16.5. The molecule has 0 bridgehead atoms. The van der Waals surface area contributed by atoms with Crippen molar-refractivity contribution < 1.29 is 13.2 Å². The number of nitrogens with zero attached hydrogens (tertiary/aromatic N) is 1. The Morgan fingerprint density at radius 1 is 1.30 bits per heavy atom. The average molecular weight is 394 g/mol. The third-order valence-electron chi connectivity index (χ3n) is 5.22. The van der Waals surface area contributed by atoms with Crippen LogP contribution in [0.3, 0.4) is 0 Å². The van der Waals surface area contributed by atoms with Crippen LogP contribution in [0.15, 0.2) is 23.2 Å². The molecule has 2 aliphatic carbocycles. The predicted octanol–water partition coefficient (Wildman–Crippen LogP) is 2.27. The van der Waals surface area contributed by atoms with Crippen molar-refractivity contribution in [3.63, 3.8) is 0 Å². The molecule has 1 aromatic rings. The van der Waals surface area contributed by atoms with Crippen LogP contribution in [0.1, 0.15) is 36.8 Å². The summed E-state index contributed by atoms with van der Waals surface area (Å²) in [4.78, 5) is 4.27. The first-order valence-corrected chi connectivity index (χ1v) is 11.7. The van der Waals surface area contributed by atoms with Gasteiger partial charge in [0.2, 0.25) is 0 Å². The Balaban J connectivity index is 1.53. The molecular weight excluding hydrogens is 362 g/mol. The van der Waals surface area contributed by atoms with E-state index in [4.69, 9.17) is 4.74 Å². The van der Waals surface area contributed by atoms with Crippen molar-refractivity contribution in [2.45, 2.75) is 39.2 Å². The predicted molar refractivity (Wildman–Crippen MR) is 109 cm³/mol. The molecule has 27 heavy (non-hydrogen) atoms. The lowest BCUT2D eigenvalue weighted by molar-refractivity contribution is 0.296. The van der Waals surface area contributed by atoms with Gasteiger partial charge >= 0.3 is 0 Å². The molecule has 0 amide bonds. The minimum atomic E-state index is -2.96. The van der Waals surface area contributed by atoms with E-state index in [-0.39, 0.29) is 11.2 Å². The molecule has 150 valence electrons. The fraction of sp³-hybridized carbons (Fsp3) is 0.650. The Labute approximate surface area is 162 Å². The van der Waals surface area contributed by atoms with Gasteiger partial charge in [-0.15, -0.1) is 0 Å². The van der Waals surface area contributed by atoms with Crippen molar-refractivity contribution in [2.24, 2.45) is 16.3 Å². The summed E-state index contributed by atoms with van der Waals surface area (Å²) in [5.74, 6) is 2.57. The highest BCUT2D eigenvalue weighted by atomic mass is 32.2. The van der Waals surface area contributed by atoms with Gasteiger partial charge in [0.05, 0.1) is 12.4 Å². The van der Waals surface area contributed by atoms with Gasteiger partial charge in [0.1, 0.15) is 15.6 Å². The smallest absolute Gasteiger partial charge is 0.191 e. The Kier molecular flexibility index (Phi) is 5.99. The van der Waals surface area contributed by atoms with E-state index in [1.165, 1.54) is 24.7 Å². The first-order valence-electron chi connectivity index (χ1n) is 9.63. The molecule has 0 heterocycles. The number of guanidine groups is 1. The molecule has 0 saturated heterocycles. The lowest BCUT2D eigenvalue weighted by Crippen LogP contribution is -2.41. The number of aryl methyl sites for hydroxylation is 1. The molecule has 2 saturated carbocycles. The number of aliphatic imine (C=N–C) groups is 1. The van der Waals surface area contributed by atoms with Gasteiger partial charge in [-0.1, -0.05) is 12.1 Å². The van der Waals surface area contributed by atoms with Crippen LogP contribution in [0.2, 0.25) is 0 Å². The van der Waals surface area contributed by atoms with Gasteiger partial charge in [-0.25, -0.2) is 8.42 Å². The summed E-state index contributed by atoms with van der Waals surface area (Å²) in [6.45, 7) is 4.09. The molecule has 3 rings (SSSR count). The van der Waals surface area contributed by atoms with Gasteiger partial charge < -0.3 is 15.4 Å². The van der Waals surface area contributed by atoms with Crippen LogP contribution in [0, 0.1) is 18.3 Å². The Bertz CT molecular complexity index is 797. The van der Waals surface area contributed by atoms with Gasteiger partial charge in [0, 0.05) is 37.4 Å². The second-order valence-corrected chi connectivity index (χ2v) is 10.4. The van der Waals surface area contributed by atoms with Crippen molar-refractivity contribution in [3.8, 4) is 5.75 Å². The highest BCUT2D eigenvalue weighted by Crippen LogP contribution is 2.46. The third-order valence-corrected chi connectivity index (χ3v) is 6.36. The van der Waals surface area contributed by atoms with Crippen LogP contribution in [0.25, 0.3) is 0 Å². The van der Waals surface area contributed by atoms with Crippen LogP contribution in [0.4, 0.5) is 0 Å². The average Bonchev–Trinajstić information content (AvgIpc) is 3.50. The minimum absolute atomic E-state index is 0.131. The van der Waals surface area contributed by atoms with E-state index in [0.717, 1.165) is 30.8 Å². The summed E-state index contributed by atoms with van der Waals surface area (Å²) in [6, 6.07) is 6.26. The second-order valence-electron chi connectivity index (χ2n) is 8.21. The van der Waals surface area contributed by atoms with E-state index in [1.807, 2.05) is 0 Å². The quantitative estimate of drug-likeness (QED) is 0.497. The van der Waals surface area contributed by atoms with Crippen LogP contribution in [-0.2, 0) is 16.4 Å². The Morgan fingerprint density at radius 3 is 2.63 bits per heavy atom. The van der Waals surface area contributed by atoms with E-state index in [0.29, 0.717) is 25.0 Å². The summed E-state index contributed by atoms with van der Waals surface area (Å²) in [5, 5.41) is 6.61. The van der Waals surface area contributed by atoms with E-state index in [9.17, 15) is 8.42 Å². The zero-order valence-corrected chi connectivity index (χ0v) is 17.4. The van der Waals surface area contributed by atoms with E-state index in [2.05, 4.69) is 40.7 Å². The fourth-order valence-electron chi connectivity index (χ4n) is 3.21. The van der Waals surface area contributed by atoms with Crippen LogP contribution in [-0.4, -0.2) is 46.6 Å². The van der Waals surface area contributed by atoms with Crippen molar-refractivity contribution >= 4 is 15.8 Å². The lowest BCUT2D eigenvalue weighted by atomic mass is 10.1. The van der Waals surface area contributed by atoms with Gasteiger partial charge in [-0.3, -0.25) is 4.99 Å². The number of sulfone groups is 1. The van der Waals surface area contributed by atoms with E-state index >= 15 is 0 Å². The van der Waals surface area contributed by atoms with Gasteiger partial charge in [0.15, 0.2) is 5.96 Å². The van der Waals surface area contributed by atoms with Gasteiger partial charge in [-0.05, 0) is 50.2 Å². The molecule has 0 aliphatic heterocycles. The molecular formula is C20H31N3O3S. The maximum Gasteiger partial charge on any atom is 0.191 e. The Morgan fingerprint density at radius 2 is 2.04 bits per heavy atom. The molecule has 0 spiro atoms. The van der Waals surface area contributed by atoms with E-state index in [1.54, 1.807) is 7.05 Å². The molecule has 7 heteroatoms. The molecule has 2 aliphatic rings. The topological polar surface area (TPSA) is 79.8 Å². The standard InChI is InChI=1S/C20H31N3O3S/c1-15-4-7-17(18(10-15)26-12-16-5-6-16)11-22-19(21-2)23-13-20(8-9-20)14-27(3,24)25/h4,7,10,16H,5-6,8-9,11-14H2,1-3H3,(H2,21,22,23). The van der Waals surface area contributed by atoms with Gasteiger partial charge in [-0.2, -0.15) is 0 Å². The summed E-state index contributed by atoms with van der Waals surface area (Å²) < 4.78 is 29.2. The molecule has 0 aromatic heterocycles. The molecule has 0 atom stereocenters. The largest absolute Gasteiger partial charge is 0.493 e. The summed E-state index contributed by atoms with van der Waals surface area (Å²) in [5.41, 5.74) is 2.15. The zero-order chi connectivity index (χ0) is 19.5. The number of benzene rings is 1. The molecule has 0 unspecified atom stereocenters. The molecule has 2 fully saturated rings. The van der Waals surface area contributed by atoms with Crippen LogP contribution < -0.4 is 15.4 Å². The summed E-state index contributed by atoms with van der Waals surface area (Å²) in [7, 11) is -1.24. The molecule has 2 N–H and O–H groups in total. The second kappa shape index (κ2) is 8.09. The lowest BCUT2D eigenvalue weighted by Gasteiger charge is -2.19. The number of hydrogen-bond acceptors (Lipinski definition) is 4. The van der Waals surface area contributed by atoms with Crippen LogP contribution in [0.5, 0.6) is 5.75 Å². The number of nitrogens with one attached hydrogen (secondary N) is 2. The first kappa shape index (κ1) is 20.0. The number of rotatable bonds is 9. The molecule has 1 aromatic carbocycles. The third kappa shape index (κ3) is 6.41. The fourth-order valence-corrected chi connectivity index (χ4v) is 4.71. The highest BCUT2D eigenvalue weighted by Gasteiger charge is 2.45. The van der Waals surface area contributed by atoms with Crippen LogP contribution >= 0.6 is 0 Å². The summed E-state index contributed by atoms with van der Waals surface area (Å²) >= 11 is 0. The van der Waals surface area contributed by atoms with Gasteiger partial charge in [0.25, 0.3) is 0 Å².